The number of carbonyl (C=O) groups excluding carboxylic acids is 2. The maximum atomic E-state index is 12.7. The first-order chi connectivity index (χ1) is 14.8. The molecule has 31 heavy (non-hydrogen) atoms. The van der Waals surface area contributed by atoms with Crippen molar-refractivity contribution in [2.24, 2.45) is 34.5 Å². The number of hydrogen-bond donors (Lipinski definition) is 1. The highest BCUT2D eigenvalue weighted by molar-refractivity contribution is 5.95. The fourth-order valence-electron chi connectivity index (χ4n) is 8.67. The number of Topliss-reactive ketones (excluding diaryl/α,β-unsaturated/α-hetero) is 1. The van der Waals surface area contributed by atoms with E-state index in [0.717, 1.165) is 62.9 Å². The van der Waals surface area contributed by atoms with E-state index >= 15 is 0 Å². The molecule has 5 aliphatic rings. The second-order valence-corrected chi connectivity index (χ2v) is 11.9. The largest absolute Gasteiger partial charge is 0.504 e. The van der Waals surface area contributed by atoms with Crippen LogP contribution in [0.1, 0.15) is 104 Å². The summed E-state index contributed by atoms with van der Waals surface area (Å²) < 4.78 is 6.15. The van der Waals surface area contributed by atoms with Gasteiger partial charge in [-0.2, -0.15) is 0 Å². The summed E-state index contributed by atoms with van der Waals surface area (Å²) in [5.41, 5.74) is 1.11. The van der Waals surface area contributed by atoms with Crippen LogP contribution >= 0.6 is 0 Å². The number of ketones is 1. The first-order valence-corrected chi connectivity index (χ1v) is 13.0. The second kappa shape index (κ2) is 7.92. The molecule has 0 spiro atoms. The second-order valence-electron chi connectivity index (χ2n) is 11.9. The van der Waals surface area contributed by atoms with Gasteiger partial charge in [-0.05, 0) is 86.0 Å². The molecule has 5 aliphatic carbocycles. The minimum atomic E-state index is -0.0583. The summed E-state index contributed by atoms with van der Waals surface area (Å²) in [6.07, 6.45) is 14.6. The Balaban J connectivity index is 1.27. The quantitative estimate of drug-likeness (QED) is 0.535. The third-order valence-corrected chi connectivity index (χ3v) is 10.5. The minimum absolute atomic E-state index is 0.0254. The Bertz CT molecular complexity index is 778. The fraction of sp³-hybridized carbons (Fsp3) is 0.852. The normalized spacial score (nSPS) is 42.8. The standard InChI is InChI=1S/C27H40O4/c1-26-16-14-22(28)25(30)21(26)9-8-18-19-10-11-23(27(19,2)15-13-20(18)26)31-24(29)12-7-17-5-3-4-6-17/h17-20,23,30H,3-16H2,1-2H3/t18-,19-,20-,23-,26+,27-/m1/s1. The van der Waals surface area contributed by atoms with Crippen LogP contribution in [-0.2, 0) is 14.3 Å². The molecule has 172 valence electrons. The van der Waals surface area contributed by atoms with E-state index in [1.807, 2.05) is 0 Å². The molecule has 4 saturated carbocycles. The molecule has 4 heteroatoms. The van der Waals surface area contributed by atoms with Crippen LogP contribution in [0.2, 0.25) is 0 Å². The lowest BCUT2D eigenvalue weighted by atomic mass is 9.47. The first kappa shape index (κ1) is 21.5. The number of hydrogen-bond acceptors (Lipinski definition) is 4. The van der Waals surface area contributed by atoms with Crippen LogP contribution in [0.5, 0.6) is 0 Å². The Morgan fingerprint density at radius 3 is 2.55 bits per heavy atom. The van der Waals surface area contributed by atoms with Crippen LogP contribution in [0.4, 0.5) is 0 Å². The van der Waals surface area contributed by atoms with Crippen LogP contribution in [-0.4, -0.2) is 23.0 Å². The van der Waals surface area contributed by atoms with Gasteiger partial charge in [-0.3, -0.25) is 9.59 Å². The van der Waals surface area contributed by atoms with E-state index in [1.54, 1.807) is 0 Å². The molecule has 0 aromatic carbocycles. The predicted octanol–water partition coefficient (Wildman–Crippen LogP) is 6.29. The number of rotatable bonds is 4. The summed E-state index contributed by atoms with van der Waals surface area (Å²) in [5, 5.41) is 10.5. The smallest absolute Gasteiger partial charge is 0.306 e. The molecule has 0 bridgehead atoms. The first-order valence-electron chi connectivity index (χ1n) is 13.0. The third-order valence-electron chi connectivity index (χ3n) is 10.5. The van der Waals surface area contributed by atoms with E-state index in [4.69, 9.17) is 4.74 Å². The van der Waals surface area contributed by atoms with E-state index in [-0.39, 0.29) is 34.4 Å². The lowest BCUT2D eigenvalue weighted by Crippen LogP contribution is -2.52. The molecule has 0 heterocycles. The van der Waals surface area contributed by atoms with Gasteiger partial charge in [0.1, 0.15) is 6.10 Å². The van der Waals surface area contributed by atoms with Crippen LogP contribution in [0.3, 0.4) is 0 Å². The van der Waals surface area contributed by atoms with Gasteiger partial charge in [-0.15, -0.1) is 0 Å². The van der Waals surface area contributed by atoms with Crippen LogP contribution in [0.15, 0.2) is 11.3 Å². The molecule has 0 radical (unpaired) electrons. The SMILES string of the molecule is C[C@@]12CC[C@@H]3[C@H](CCC4=C(O)C(=O)CC[C@]43C)[C@H]1CC[C@H]2OC(=O)CCC1CCCC1. The topological polar surface area (TPSA) is 63.6 Å². The molecule has 0 saturated heterocycles. The van der Waals surface area contributed by atoms with E-state index in [2.05, 4.69) is 13.8 Å². The number of fused-ring (bicyclic) bond motifs is 5. The zero-order chi connectivity index (χ0) is 21.8. The number of carbonyl (C=O) groups is 2. The van der Waals surface area contributed by atoms with Gasteiger partial charge in [0, 0.05) is 18.3 Å². The molecule has 4 fully saturated rings. The van der Waals surface area contributed by atoms with Crippen molar-refractivity contribution in [2.45, 2.75) is 110 Å². The lowest BCUT2D eigenvalue weighted by Gasteiger charge is -2.57. The molecule has 4 nitrogen and oxygen atoms in total. The van der Waals surface area contributed by atoms with Crippen molar-refractivity contribution >= 4 is 11.8 Å². The van der Waals surface area contributed by atoms with E-state index in [9.17, 15) is 14.7 Å². The average molecular weight is 429 g/mol. The third kappa shape index (κ3) is 3.47. The Labute approximate surface area is 187 Å². The molecule has 6 atom stereocenters. The zero-order valence-corrected chi connectivity index (χ0v) is 19.5. The summed E-state index contributed by atoms with van der Waals surface area (Å²) in [6.45, 7) is 4.69. The monoisotopic (exact) mass is 428 g/mol. The van der Waals surface area contributed by atoms with Crippen LogP contribution in [0.25, 0.3) is 0 Å². The van der Waals surface area contributed by atoms with Crippen molar-refractivity contribution in [3.8, 4) is 0 Å². The van der Waals surface area contributed by atoms with Crippen molar-refractivity contribution in [2.75, 3.05) is 0 Å². The molecular formula is C27H40O4. The Morgan fingerprint density at radius 2 is 1.77 bits per heavy atom. The number of aliphatic hydroxyl groups excluding tert-OH is 1. The molecule has 1 N–H and O–H groups in total. The van der Waals surface area contributed by atoms with Gasteiger partial charge in [0.25, 0.3) is 0 Å². The van der Waals surface area contributed by atoms with Crippen LogP contribution in [0, 0.1) is 34.5 Å². The summed E-state index contributed by atoms with van der Waals surface area (Å²) >= 11 is 0. The zero-order valence-electron chi connectivity index (χ0n) is 19.5. The lowest BCUT2D eigenvalue weighted by molar-refractivity contribution is -0.160. The number of allylic oxidation sites excluding steroid dienone is 1. The molecule has 0 aromatic heterocycles. The molecule has 5 rings (SSSR count). The predicted molar refractivity (Wildman–Crippen MR) is 119 cm³/mol. The summed E-state index contributed by atoms with van der Waals surface area (Å²) in [4.78, 5) is 24.8. The summed E-state index contributed by atoms with van der Waals surface area (Å²) in [6, 6.07) is 0. The molecule has 0 aromatic rings. The van der Waals surface area contributed by atoms with E-state index in [1.165, 1.54) is 25.7 Å². The molecule has 0 unspecified atom stereocenters. The van der Waals surface area contributed by atoms with Gasteiger partial charge < -0.3 is 9.84 Å². The average Bonchev–Trinajstić information content (AvgIpc) is 3.38. The number of ether oxygens (including phenoxy) is 1. The fourth-order valence-corrected chi connectivity index (χ4v) is 8.67. The highest BCUT2D eigenvalue weighted by Crippen LogP contribution is 2.66. The molecule has 0 aliphatic heterocycles. The van der Waals surface area contributed by atoms with Gasteiger partial charge in [-0.1, -0.05) is 39.5 Å². The maximum Gasteiger partial charge on any atom is 0.306 e. The number of aliphatic hydroxyl groups is 1. The highest BCUT2D eigenvalue weighted by atomic mass is 16.5. The van der Waals surface area contributed by atoms with E-state index < -0.39 is 0 Å². The summed E-state index contributed by atoms with van der Waals surface area (Å²) in [5.74, 6) is 2.54. The number of esters is 1. The van der Waals surface area contributed by atoms with E-state index in [0.29, 0.717) is 30.6 Å². The Morgan fingerprint density at radius 1 is 1.00 bits per heavy atom. The molecule has 0 amide bonds. The molecular weight excluding hydrogens is 388 g/mol. The van der Waals surface area contributed by atoms with Crippen molar-refractivity contribution in [1.29, 1.82) is 0 Å². The minimum Gasteiger partial charge on any atom is -0.504 e. The van der Waals surface area contributed by atoms with Crippen molar-refractivity contribution in [3.05, 3.63) is 11.3 Å². The van der Waals surface area contributed by atoms with Gasteiger partial charge in [0.05, 0.1) is 0 Å². The van der Waals surface area contributed by atoms with Crippen LogP contribution < -0.4 is 0 Å². The van der Waals surface area contributed by atoms with Crippen molar-refractivity contribution in [3.63, 3.8) is 0 Å². The van der Waals surface area contributed by atoms with Crippen molar-refractivity contribution in [1.82, 2.24) is 0 Å². The Kier molecular flexibility index (Phi) is 5.50. The van der Waals surface area contributed by atoms with Gasteiger partial charge in [0.2, 0.25) is 0 Å². The van der Waals surface area contributed by atoms with Gasteiger partial charge >= 0.3 is 5.97 Å². The maximum absolute atomic E-state index is 12.7. The summed E-state index contributed by atoms with van der Waals surface area (Å²) in [7, 11) is 0. The Hall–Kier alpha value is -1.32. The van der Waals surface area contributed by atoms with Gasteiger partial charge in [0.15, 0.2) is 11.5 Å². The van der Waals surface area contributed by atoms with Gasteiger partial charge in [-0.25, -0.2) is 0 Å². The highest BCUT2D eigenvalue weighted by Gasteiger charge is 2.60. The van der Waals surface area contributed by atoms with Crippen molar-refractivity contribution < 1.29 is 19.4 Å².